The van der Waals surface area contributed by atoms with Crippen molar-refractivity contribution in [2.45, 2.75) is 82.6 Å². The van der Waals surface area contributed by atoms with Gasteiger partial charge in [-0.3, -0.25) is 14.4 Å². The van der Waals surface area contributed by atoms with Crippen LogP contribution in [0.5, 0.6) is 0 Å². The zero-order valence-corrected chi connectivity index (χ0v) is 22.9. The first-order valence-corrected chi connectivity index (χ1v) is 14.1. The van der Waals surface area contributed by atoms with Crippen molar-refractivity contribution in [2.24, 2.45) is 11.8 Å². The van der Waals surface area contributed by atoms with Crippen LogP contribution in [-0.4, -0.2) is 82.3 Å². The average molecular weight is 527 g/mol. The van der Waals surface area contributed by atoms with E-state index in [2.05, 4.69) is 13.5 Å². The maximum absolute atomic E-state index is 14.4. The number of ether oxygens (including phenoxy) is 2. The number of aliphatic hydroxyl groups excluding tert-OH is 1. The smallest absolute Gasteiger partial charge is 0.312 e. The van der Waals surface area contributed by atoms with Gasteiger partial charge in [-0.1, -0.05) is 56.7 Å². The van der Waals surface area contributed by atoms with E-state index in [0.29, 0.717) is 38.8 Å². The van der Waals surface area contributed by atoms with Gasteiger partial charge in [0.2, 0.25) is 11.8 Å². The third-order valence-electron chi connectivity index (χ3n) is 8.75. The number of benzene rings is 1. The molecule has 3 aliphatic heterocycles. The number of likely N-dealkylation sites (tertiary alicyclic amines) is 1. The molecule has 3 saturated heterocycles. The van der Waals surface area contributed by atoms with E-state index in [1.54, 1.807) is 22.8 Å². The molecule has 1 aromatic carbocycles. The summed E-state index contributed by atoms with van der Waals surface area (Å²) in [6.07, 6.45) is 5.42. The Hall–Kier alpha value is -2.71. The predicted octanol–water partition coefficient (Wildman–Crippen LogP) is 3.12. The molecule has 2 amide bonds. The van der Waals surface area contributed by atoms with Gasteiger partial charge in [0.15, 0.2) is 0 Å². The molecule has 0 aromatic heterocycles. The first-order valence-electron chi connectivity index (χ1n) is 14.1. The lowest BCUT2D eigenvalue weighted by molar-refractivity contribution is -0.163. The summed E-state index contributed by atoms with van der Waals surface area (Å²) in [5, 5.41) is 10.6. The molecule has 3 fully saturated rings. The van der Waals surface area contributed by atoms with Crippen LogP contribution in [0.1, 0.15) is 58.4 Å². The zero-order chi connectivity index (χ0) is 27.5. The number of carbonyl (C=O) groups excluding carboxylic acids is 3. The molecule has 8 nitrogen and oxygen atoms in total. The molecule has 2 bridgehead atoms. The molecule has 1 spiro atoms. The highest BCUT2D eigenvalue weighted by Gasteiger charge is 2.79. The highest BCUT2D eigenvalue weighted by molar-refractivity contribution is 5.98. The minimum absolute atomic E-state index is 0.201. The Kier molecular flexibility index (Phi) is 8.62. The highest BCUT2D eigenvalue weighted by Crippen LogP contribution is 2.64. The molecule has 38 heavy (non-hydrogen) atoms. The maximum atomic E-state index is 14.4. The molecule has 1 N–H and O–H groups in total. The van der Waals surface area contributed by atoms with Crippen LogP contribution in [-0.2, 0) is 30.3 Å². The Morgan fingerprint density at radius 1 is 1.26 bits per heavy atom. The predicted molar refractivity (Wildman–Crippen MR) is 143 cm³/mol. The van der Waals surface area contributed by atoms with Crippen molar-refractivity contribution in [3.05, 3.63) is 48.6 Å². The van der Waals surface area contributed by atoms with E-state index in [0.717, 1.165) is 18.4 Å². The van der Waals surface area contributed by atoms with Gasteiger partial charge < -0.3 is 24.4 Å². The topological polar surface area (TPSA) is 96.4 Å². The summed E-state index contributed by atoms with van der Waals surface area (Å²) >= 11 is 0. The molecule has 6 atom stereocenters. The quantitative estimate of drug-likeness (QED) is 0.313. The van der Waals surface area contributed by atoms with E-state index >= 15 is 0 Å². The van der Waals surface area contributed by atoms with Crippen molar-refractivity contribution >= 4 is 17.8 Å². The monoisotopic (exact) mass is 526 g/mol. The van der Waals surface area contributed by atoms with Gasteiger partial charge in [0, 0.05) is 13.1 Å². The van der Waals surface area contributed by atoms with Crippen LogP contribution in [0.2, 0.25) is 0 Å². The fourth-order valence-electron chi connectivity index (χ4n) is 7.03. The van der Waals surface area contributed by atoms with Gasteiger partial charge >= 0.3 is 5.97 Å². The average Bonchev–Trinajstić information content (AvgIpc) is 3.53. The molecule has 4 rings (SSSR count). The van der Waals surface area contributed by atoms with Gasteiger partial charge in [0.05, 0.1) is 30.8 Å². The van der Waals surface area contributed by atoms with E-state index in [-0.39, 0.29) is 25.0 Å². The van der Waals surface area contributed by atoms with Crippen molar-refractivity contribution in [3.8, 4) is 0 Å². The van der Waals surface area contributed by atoms with Crippen molar-refractivity contribution in [1.82, 2.24) is 9.80 Å². The molecule has 8 heteroatoms. The van der Waals surface area contributed by atoms with Crippen molar-refractivity contribution in [1.29, 1.82) is 0 Å². The number of nitrogens with zero attached hydrogens (tertiary/aromatic N) is 2. The number of hydrogen-bond acceptors (Lipinski definition) is 6. The molecule has 208 valence electrons. The number of aliphatic hydroxyl groups is 1. The Labute approximate surface area is 226 Å². The summed E-state index contributed by atoms with van der Waals surface area (Å²) in [5.74, 6) is -2.57. The fraction of sp³-hybridized carbons (Fsp3) is 0.633. The summed E-state index contributed by atoms with van der Waals surface area (Å²) in [4.78, 5) is 45.4. The van der Waals surface area contributed by atoms with Crippen LogP contribution in [0, 0.1) is 11.8 Å². The SMILES string of the molecule is C=CCN(CCCC)C(=O)C1N([C@@H](CO)Cc2ccccc2)C(=O)[C@@H]2[C@@H](C(=O)OCC)[C@@]3(CC)CCC12O3. The number of rotatable bonds is 13. The van der Waals surface area contributed by atoms with Crippen molar-refractivity contribution < 1.29 is 29.0 Å². The number of hydrogen-bond donors (Lipinski definition) is 1. The number of unbranched alkanes of at least 4 members (excludes halogenated alkanes) is 1. The molecule has 2 unspecified atom stereocenters. The number of carbonyl (C=O) groups is 3. The largest absolute Gasteiger partial charge is 0.466 e. The fourth-order valence-corrected chi connectivity index (χ4v) is 7.03. The Bertz CT molecular complexity index is 1030. The molecule has 3 heterocycles. The summed E-state index contributed by atoms with van der Waals surface area (Å²) in [5.41, 5.74) is -1.03. The second-order valence-corrected chi connectivity index (χ2v) is 10.8. The number of esters is 1. The minimum Gasteiger partial charge on any atom is -0.466 e. The molecule has 1 aromatic rings. The van der Waals surface area contributed by atoms with E-state index in [1.165, 1.54) is 0 Å². The highest BCUT2D eigenvalue weighted by atomic mass is 16.6. The zero-order valence-electron chi connectivity index (χ0n) is 22.9. The van der Waals surface area contributed by atoms with Gasteiger partial charge in [-0.2, -0.15) is 0 Å². The van der Waals surface area contributed by atoms with Crippen LogP contribution >= 0.6 is 0 Å². The summed E-state index contributed by atoms with van der Waals surface area (Å²) in [6, 6.07) is 8.04. The normalized spacial score (nSPS) is 30.3. The Morgan fingerprint density at radius 3 is 2.61 bits per heavy atom. The van der Waals surface area contributed by atoms with Crippen LogP contribution in [0.4, 0.5) is 0 Å². The lowest BCUT2D eigenvalue weighted by Crippen LogP contribution is -2.59. The van der Waals surface area contributed by atoms with Crippen LogP contribution in [0.25, 0.3) is 0 Å². The van der Waals surface area contributed by atoms with Crippen LogP contribution in [0.15, 0.2) is 43.0 Å². The van der Waals surface area contributed by atoms with Crippen LogP contribution < -0.4 is 0 Å². The third-order valence-corrected chi connectivity index (χ3v) is 8.75. The molecule has 0 radical (unpaired) electrons. The summed E-state index contributed by atoms with van der Waals surface area (Å²) in [7, 11) is 0. The third kappa shape index (κ3) is 4.56. The van der Waals surface area contributed by atoms with Gasteiger partial charge in [-0.25, -0.2) is 0 Å². The van der Waals surface area contributed by atoms with E-state index in [9.17, 15) is 19.5 Å². The molecule has 0 saturated carbocycles. The van der Waals surface area contributed by atoms with Crippen molar-refractivity contribution in [2.75, 3.05) is 26.3 Å². The molecule has 3 aliphatic rings. The number of fused-ring (bicyclic) bond motifs is 1. The van der Waals surface area contributed by atoms with Gasteiger partial charge in [0.25, 0.3) is 0 Å². The second-order valence-electron chi connectivity index (χ2n) is 10.8. The first-order chi connectivity index (χ1) is 18.3. The van der Waals surface area contributed by atoms with Gasteiger partial charge in [0.1, 0.15) is 17.6 Å². The standard InChI is InChI=1S/C30H42N2O6/c1-5-9-18-31(17-6-2)27(35)25-30-16-15-29(7-3,38-30)24(28(36)37-8-4)23(30)26(34)32(25)22(20-33)19-21-13-11-10-12-14-21/h6,10-14,22-25,33H,2,5,7-9,15-20H2,1,3-4H3/t22-,23+,24+,25?,29-,30?/m1/s1. The minimum atomic E-state index is -1.14. The maximum Gasteiger partial charge on any atom is 0.312 e. The van der Waals surface area contributed by atoms with E-state index < -0.39 is 41.1 Å². The number of amides is 2. The summed E-state index contributed by atoms with van der Waals surface area (Å²) < 4.78 is 12.3. The Balaban J connectivity index is 1.82. The lowest BCUT2D eigenvalue weighted by Gasteiger charge is -2.39. The van der Waals surface area contributed by atoms with Crippen LogP contribution in [0.3, 0.4) is 0 Å². The molecule has 0 aliphatic carbocycles. The molecular formula is C30H42N2O6. The summed E-state index contributed by atoms with van der Waals surface area (Å²) in [6.45, 7) is 10.4. The molecular weight excluding hydrogens is 484 g/mol. The lowest BCUT2D eigenvalue weighted by atomic mass is 9.65. The first kappa shape index (κ1) is 28.3. The van der Waals surface area contributed by atoms with E-state index in [4.69, 9.17) is 9.47 Å². The Morgan fingerprint density at radius 2 is 2.00 bits per heavy atom. The second kappa shape index (κ2) is 11.6. The van der Waals surface area contributed by atoms with Gasteiger partial charge in [-0.15, -0.1) is 6.58 Å². The van der Waals surface area contributed by atoms with E-state index in [1.807, 2.05) is 37.3 Å². The van der Waals surface area contributed by atoms with Crippen molar-refractivity contribution in [3.63, 3.8) is 0 Å². The van der Waals surface area contributed by atoms with Gasteiger partial charge in [-0.05, 0) is 44.6 Å².